The van der Waals surface area contributed by atoms with Gasteiger partial charge in [-0.2, -0.15) is 13.2 Å². The third-order valence-electron chi connectivity index (χ3n) is 2.24. The van der Waals surface area contributed by atoms with Gasteiger partial charge in [0, 0.05) is 19.6 Å². The average molecular weight is 226 g/mol. The summed E-state index contributed by atoms with van der Waals surface area (Å²) in [5.41, 5.74) is 5.65. The lowest BCUT2D eigenvalue weighted by molar-refractivity contribution is -0.184. The molecule has 0 heterocycles. The van der Waals surface area contributed by atoms with Crippen molar-refractivity contribution in [1.82, 2.24) is 4.90 Å². The lowest BCUT2D eigenvalue weighted by Crippen LogP contribution is -2.41. The minimum atomic E-state index is -4.79. The van der Waals surface area contributed by atoms with Gasteiger partial charge in [0.05, 0.1) is 0 Å². The third kappa shape index (κ3) is 5.01. The molecule has 2 N–H and O–H groups in total. The molecule has 0 fully saturated rings. The zero-order chi connectivity index (χ0) is 12.2. The van der Waals surface area contributed by atoms with Crippen LogP contribution < -0.4 is 5.73 Å². The summed E-state index contributed by atoms with van der Waals surface area (Å²) < 4.78 is 35.9. The molecule has 0 bridgehead atoms. The Morgan fingerprint density at radius 1 is 1.40 bits per heavy atom. The Morgan fingerprint density at radius 3 is 2.20 bits per heavy atom. The zero-order valence-electron chi connectivity index (χ0n) is 9.14. The standard InChI is InChI=1S/C9H17F3N2O/c1-6(2)7(13)4-5-14(3)8(15)9(10,11)12/h6-7H,4-5,13H2,1-3H3. The minimum Gasteiger partial charge on any atom is -0.338 e. The summed E-state index contributed by atoms with van der Waals surface area (Å²) in [4.78, 5) is 11.4. The first-order valence-corrected chi connectivity index (χ1v) is 4.74. The maximum absolute atomic E-state index is 12.0. The van der Waals surface area contributed by atoms with Gasteiger partial charge in [0.15, 0.2) is 0 Å². The molecule has 0 aliphatic heterocycles. The molecule has 0 aliphatic carbocycles. The second-order valence-corrected chi connectivity index (χ2v) is 3.92. The maximum atomic E-state index is 12.0. The maximum Gasteiger partial charge on any atom is 0.471 e. The SMILES string of the molecule is CC(C)C(N)CCN(C)C(=O)C(F)(F)F. The highest BCUT2D eigenvalue weighted by Gasteiger charge is 2.41. The van der Waals surface area contributed by atoms with Gasteiger partial charge in [-0.25, -0.2) is 0 Å². The first-order chi connectivity index (χ1) is 6.66. The van der Waals surface area contributed by atoms with Crippen LogP contribution in [0.5, 0.6) is 0 Å². The number of rotatable bonds is 4. The Morgan fingerprint density at radius 2 is 1.87 bits per heavy atom. The van der Waals surface area contributed by atoms with Crippen LogP contribution in [-0.2, 0) is 4.79 Å². The van der Waals surface area contributed by atoms with E-state index in [0.717, 1.165) is 7.05 Å². The van der Waals surface area contributed by atoms with E-state index in [9.17, 15) is 18.0 Å². The van der Waals surface area contributed by atoms with Gasteiger partial charge >= 0.3 is 12.1 Å². The van der Waals surface area contributed by atoms with E-state index in [2.05, 4.69) is 0 Å². The number of hydrogen-bond donors (Lipinski definition) is 1. The molecule has 1 amide bonds. The van der Waals surface area contributed by atoms with Crippen molar-refractivity contribution < 1.29 is 18.0 Å². The normalized spacial score (nSPS) is 14.1. The average Bonchev–Trinajstić information content (AvgIpc) is 2.10. The first kappa shape index (κ1) is 14.2. The molecule has 3 nitrogen and oxygen atoms in total. The number of alkyl halides is 3. The second-order valence-electron chi connectivity index (χ2n) is 3.92. The summed E-state index contributed by atoms with van der Waals surface area (Å²) in [6, 6.07) is -0.187. The molecule has 90 valence electrons. The predicted molar refractivity (Wildman–Crippen MR) is 51.1 cm³/mol. The quantitative estimate of drug-likeness (QED) is 0.787. The van der Waals surface area contributed by atoms with Gasteiger partial charge in [-0.3, -0.25) is 4.79 Å². The van der Waals surface area contributed by atoms with E-state index >= 15 is 0 Å². The van der Waals surface area contributed by atoms with E-state index in [4.69, 9.17) is 5.73 Å². The van der Waals surface area contributed by atoms with Gasteiger partial charge in [0.1, 0.15) is 0 Å². The lowest BCUT2D eigenvalue weighted by atomic mass is 10.0. The molecule has 6 heteroatoms. The lowest BCUT2D eigenvalue weighted by Gasteiger charge is -2.22. The molecular weight excluding hydrogens is 209 g/mol. The number of carbonyl (C=O) groups excluding carboxylic acids is 1. The smallest absolute Gasteiger partial charge is 0.338 e. The van der Waals surface area contributed by atoms with Crippen molar-refractivity contribution in [1.29, 1.82) is 0 Å². The number of carbonyl (C=O) groups is 1. The molecule has 15 heavy (non-hydrogen) atoms. The van der Waals surface area contributed by atoms with Crippen LogP contribution in [-0.4, -0.2) is 36.6 Å². The summed E-state index contributed by atoms with van der Waals surface area (Å²) >= 11 is 0. The largest absolute Gasteiger partial charge is 0.471 e. The van der Waals surface area contributed by atoms with Gasteiger partial charge < -0.3 is 10.6 Å². The third-order valence-corrected chi connectivity index (χ3v) is 2.24. The van der Waals surface area contributed by atoms with Crippen molar-refractivity contribution in [3.05, 3.63) is 0 Å². The van der Waals surface area contributed by atoms with E-state index < -0.39 is 12.1 Å². The highest BCUT2D eigenvalue weighted by molar-refractivity contribution is 5.81. The summed E-state index contributed by atoms with van der Waals surface area (Å²) in [5.74, 6) is -1.63. The molecule has 0 radical (unpaired) electrons. The molecule has 0 aliphatic rings. The molecule has 0 saturated heterocycles. The van der Waals surface area contributed by atoms with Gasteiger partial charge in [-0.1, -0.05) is 13.8 Å². The molecule has 0 aromatic heterocycles. The van der Waals surface area contributed by atoms with Crippen LogP contribution in [0.15, 0.2) is 0 Å². The molecule has 1 unspecified atom stereocenters. The Kier molecular flexibility index (Phi) is 5.07. The van der Waals surface area contributed by atoms with E-state index in [1.807, 2.05) is 13.8 Å². The van der Waals surface area contributed by atoms with Crippen LogP contribution in [0.2, 0.25) is 0 Å². The van der Waals surface area contributed by atoms with Crippen molar-refractivity contribution in [2.75, 3.05) is 13.6 Å². The van der Waals surface area contributed by atoms with Crippen molar-refractivity contribution in [2.24, 2.45) is 11.7 Å². The van der Waals surface area contributed by atoms with Crippen molar-refractivity contribution in [3.63, 3.8) is 0 Å². The highest BCUT2D eigenvalue weighted by Crippen LogP contribution is 2.17. The molecule has 0 aromatic rings. The molecule has 0 saturated carbocycles. The van der Waals surface area contributed by atoms with Crippen LogP contribution in [0.3, 0.4) is 0 Å². The van der Waals surface area contributed by atoms with E-state index in [1.54, 1.807) is 0 Å². The van der Waals surface area contributed by atoms with Crippen molar-refractivity contribution >= 4 is 5.91 Å². The number of hydrogen-bond acceptors (Lipinski definition) is 2. The van der Waals surface area contributed by atoms with Crippen LogP contribution in [0, 0.1) is 5.92 Å². The second kappa shape index (κ2) is 5.34. The molecular formula is C9H17F3N2O. The number of nitrogens with two attached hydrogens (primary N) is 1. The molecule has 0 aromatic carbocycles. The summed E-state index contributed by atoms with van der Waals surface area (Å²) in [6.07, 6.45) is -4.42. The van der Waals surface area contributed by atoms with Crippen LogP contribution >= 0.6 is 0 Å². The van der Waals surface area contributed by atoms with Crippen LogP contribution in [0.25, 0.3) is 0 Å². The van der Waals surface area contributed by atoms with Gasteiger partial charge in [-0.15, -0.1) is 0 Å². The summed E-state index contributed by atoms with van der Waals surface area (Å²) in [6.45, 7) is 3.80. The van der Waals surface area contributed by atoms with E-state index in [1.165, 1.54) is 0 Å². The van der Waals surface area contributed by atoms with Crippen LogP contribution in [0.4, 0.5) is 13.2 Å². The highest BCUT2D eigenvalue weighted by atomic mass is 19.4. The Balaban J connectivity index is 4.05. The Labute approximate surface area is 87.4 Å². The zero-order valence-corrected chi connectivity index (χ0v) is 9.14. The fourth-order valence-electron chi connectivity index (χ4n) is 0.994. The Hall–Kier alpha value is -0.780. The van der Waals surface area contributed by atoms with Crippen molar-refractivity contribution in [3.8, 4) is 0 Å². The van der Waals surface area contributed by atoms with Crippen LogP contribution in [0.1, 0.15) is 20.3 Å². The van der Waals surface area contributed by atoms with E-state index in [0.29, 0.717) is 11.3 Å². The Bertz CT molecular complexity index is 216. The monoisotopic (exact) mass is 226 g/mol. The minimum absolute atomic E-state index is 0.0255. The van der Waals surface area contributed by atoms with Gasteiger partial charge in [-0.05, 0) is 12.3 Å². The predicted octanol–water partition coefficient (Wildman–Crippen LogP) is 1.38. The molecule has 0 spiro atoms. The fourth-order valence-corrected chi connectivity index (χ4v) is 0.994. The fraction of sp³-hybridized carbons (Fsp3) is 0.889. The number of amides is 1. The summed E-state index contributed by atoms with van der Waals surface area (Å²) in [5, 5.41) is 0. The number of halogens is 3. The number of nitrogens with zero attached hydrogens (tertiary/aromatic N) is 1. The molecule has 0 rings (SSSR count). The summed E-state index contributed by atoms with van der Waals surface area (Å²) in [7, 11) is 1.13. The van der Waals surface area contributed by atoms with Gasteiger partial charge in [0.2, 0.25) is 0 Å². The first-order valence-electron chi connectivity index (χ1n) is 4.74. The van der Waals surface area contributed by atoms with E-state index in [-0.39, 0.29) is 18.5 Å². The molecule has 1 atom stereocenters. The van der Waals surface area contributed by atoms with Crippen molar-refractivity contribution in [2.45, 2.75) is 32.5 Å². The van der Waals surface area contributed by atoms with Gasteiger partial charge in [0.25, 0.3) is 0 Å². The topological polar surface area (TPSA) is 46.3 Å².